The van der Waals surface area contributed by atoms with Gasteiger partial charge in [-0.2, -0.15) is 0 Å². The molecule has 0 amide bonds. The summed E-state index contributed by atoms with van der Waals surface area (Å²) in [6, 6.07) is 5.80. The Labute approximate surface area is 109 Å². The molecular weight excluding hydrogens is 227 g/mol. The highest BCUT2D eigenvalue weighted by molar-refractivity contribution is 5.50. The summed E-state index contributed by atoms with van der Waals surface area (Å²) in [6.45, 7) is 6.22. The molecule has 2 rings (SSSR count). The zero-order valence-corrected chi connectivity index (χ0v) is 11.5. The minimum absolute atomic E-state index is 0.0938. The lowest BCUT2D eigenvalue weighted by atomic mass is 9.99. The van der Waals surface area contributed by atoms with Gasteiger partial charge in [0.05, 0.1) is 5.69 Å². The van der Waals surface area contributed by atoms with Crippen LogP contribution >= 0.6 is 0 Å². The number of piperidine rings is 1. The van der Waals surface area contributed by atoms with Crippen molar-refractivity contribution in [1.82, 2.24) is 5.32 Å². The van der Waals surface area contributed by atoms with E-state index in [1.54, 1.807) is 6.07 Å². The molecule has 1 saturated heterocycles. The summed E-state index contributed by atoms with van der Waals surface area (Å²) in [5.41, 5.74) is 1.76. The summed E-state index contributed by atoms with van der Waals surface area (Å²) in [6.07, 6.45) is 2.42. The van der Waals surface area contributed by atoms with Crippen LogP contribution in [-0.4, -0.2) is 20.1 Å². The minimum atomic E-state index is -0.0938. The average molecular weight is 250 g/mol. The number of hydrogen-bond donors (Lipinski definition) is 1. The third kappa shape index (κ3) is 2.83. The molecular formula is C15H23FN2. The number of nitrogens with one attached hydrogen (secondary N) is 1. The number of nitrogens with zero attached hydrogens (tertiary/aromatic N) is 1. The molecule has 0 spiro atoms. The molecule has 18 heavy (non-hydrogen) atoms. The molecule has 1 aliphatic heterocycles. The van der Waals surface area contributed by atoms with E-state index in [2.05, 4.69) is 17.1 Å². The van der Waals surface area contributed by atoms with Gasteiger partial charge in [-0.1, -0.05) is 13.0 Å². The maximum Gasteiger partial charge on any atom is 0.146 e. The first-order chi connectivity index (χ1) is 8.61. The Kier molecular flexibility index (Phi) is 4.23. The van der Waals surface area contributed by atoms with E-state index >= 15 is 0 Å². The van der Waals surface area contributed by atoms with Gasteiger partial charge in [0.15, 0.2) is 0 Å². The molecule has 0 bridgehead atoms. The third-order valence-corrected chi connectivity index (χ3v) is 3.90. The van der Waals surface area contributed by atoms with Crippen LogP contribution in [0.1, 0.15) is 38.3 Å². The number of anilines is 1. The van der Waals surface area contributed by atoms with Crippen molar-refractivity contribution in [2.24, 2.45) is 5.92 Å². The SMILES string of the molecule is CNC(C)c1ccc(N2CCCC(C)C2)c(F)c1. The van der Waals surface area contributed by atoms with E-state index in [0.29, 0.717) is 5.92 Å². The van der Waals surface area contributed by atoms with Crippen molar-refractivity contribution in [3.8, 4) is 0 Å². The molecule has 1 fully saturated rings. The maximum absolute atomic E-state index is 14.2. The van der Waals surface area contributed by atoms with Crippen molar-refractivity contribution in [3.05, 3.63) is 29.6 Å². The number of rotatable bonds is 3. The van der Waals surface area contributed by atoms with Crippen LogP contribution in [-0.2, 0) is 0 Å². The highest BCUT2D eigenvalue weighted by atomic mass is 19.1. The van der Waals surface area contributed by atoms with E-state index in [9.17, 15) is 4.39 Å². The van der Waals surface area contributed by atoms with E-state index in [-0.39, 0.29) is 11.9 Å². The van der Waals surface area contributed by atoms with Crippen LogP contribution < -0.4 is 10.2 Å². The second-order valence-corrected chi connectivity index (χ2v) is 5.41. The summed E-state index contributed by atoms with van der Waals surface area (Å²) >= 11 is 0. The fourth-order valence-corrected chi connectivity index (χ4v) is 2.62. The molecule has 1 N–H and O–H groups in total. The number of benzene rings is 1. The molecule has 0 radical (unpaired) electrons. The smallest absolute Gasteiger partial charge is 0.146 e. The van der Waals surface area contributed by atoms with Crippen LogP contribution in [0, 0.1) is 11.7 Å². The number of halogens is 1. The molecule has 3 heteroatoms. The molecule has 2 unspecified atom stereocenters. The van der Waals surface area contributed by atoms with Crippen LogP contribution in [0.15, 0.2) is 18.2 Å². The maximum atomic E-state index is 14.2. The molecule has 1 aliphatic rings. The molecule has 2 nitrogen and oxygen atoms in total. The zero-order chi connectivity index (χ0) is 13.1. The monoisotopic (exact) mass is 250 g/mol. The standard InChI is InChI=1S/C15H23FN2/c1-11-5-4-8-18(10-11)15-7-6-13(9-14(15)16)12(2)17-3/h6-7,9,11-12,17H,4-5,8,10H2,1-3H3. The molecule has 0 aromatic heterocycles. The van der Waals surface area contributed by atoms with Gasteiger partial charge in [0.25, 0.3) is 0 Å². The highest BCUT2D eigenvalue weighted by Gasteiger charge is 2.19. The lowest BCUT2D eigenvalue weighted by Crippen LogP contribution is -2.34. The quantitative estimate of drug-likeness (QED) is 0.885. The van der Waals surface area contributed by atoms with Crippen LogP contribution in [0.2, 0.25) is 0 Å². The Morgan fingerprint density at radius 1 is 1.44 bits per heavy atom. The fourth-order valence-electron chi connectivity index (χ4n) is 2.62. The zero-order valence-electron chi connectivity index (χ0n) is 11.5. The minimum Gasteiger partial charge on any atom is -0.369 e. The lowest BCUT2D eigenvalue weighted by Gasteiger charge is -2.33. The highest BCUT2D eigenvalue weighted by Crippen LogP contribution is 2.27. The second-order valence-electron chi connectivity index (χ2n) is 5.41. The normalized spacial score (nSPS) is 22.0. The van der Waals surface area contributed by atoms with Crippen molar-refractivity contribution < 1.29 is 4.39 Å². The Morgan fingerprint density at radius 2 is 2.22 bits per heavy atom. The molecule has 0 saturated carbocycles. The van der Waals surface area contributed by atoms with Gasteiger partial charge in [0, 0.05) is 19.1 Å². The van der Waals surface area contributed by atoms with Gasteiger partial charge in [-0.15, -0.1) is 0 Å². The largest absolute Gasteiger partial charge is 0.369 e. The Bertz CT molecular complexity index is 405. The van der Waals surface area contributed by atoms with E-state index in [4.69, 9.17) is 0 Å². The van der Waals surface area contributed by atoms with Crippen molar-refractivity contribution in [3.63, 3.8) is 0 Å². The number of hydrogen-bond acceptors (Lipinski definition) is 2. The fraction of sp³-hybridized carbons (Fsp3) is 0.600. The first-order valence-corrected chi connectivity index (χ1v) is 6.83. The van der Waals surface area contributed by atoms with Gasteiger partial charge in [0.1, 0.15) is 5.82 Å². The summed E-state index contributed by atoms with van der Waals surface area (Å²) in [4.78, 5) is 2.18. The van der Waals surface area contributed by atoms with Crippen LogP contribution in [0.25, 0.3) is 0 Å². The summed E-state index contributed by atoms with van der Waals surface area (Å²) in [5, 5.41) is 3.13. The second kappa shape index (κ2) is 5.70. The average Bonchev–Trinajstić information content (AvgIpc) is 2.37. The van der Waals surface area contributed by atoms with Gasteiger partial charge in [-0.05, 0) is 50.4 Å². The Hall–Kier alpha value is -1.09. The van der Waals surface area contributed by atoms with E-state index in [1.807, 2.05) is 26.1 Å². The van der Waals surface area contributed by atoms with Crippen molar-refractivity contribution in [1.29, 1.82) is 0 Å². The Morgan fingerprint density at radius 3 is 2.83 bits per heavy atom. The third-order valence-electron chi connectivity index (χ3n) is 3.90. The van der Waals surface area contributed by atoms with Crippen molar-refractivity contribution in [2.75, 3.05) is 25.0 Å². The van der Waals surface area contributed by atoms with Gasteiger partial charge >= 0.3 is 0 Å². The van der Waals surface area contributed by atoms with Crippen molar-refractivity contribution in [2.45, 2.75) is 32.7 Å². The first kappa shape index (κ1) is 13.3. The predicted molar refractivity (Wildman–Crippen MR) is 74.5 cm³/mol. The predicted octanol–water partition coefficient (Wildman–Crippen LogP) is 3.34. The van der Waals surface area contributed by atoms with E-state index in [0.717, 1.165) is 30.8 Å². The summed E-state index contributed by atoms with van der Waals surface area (Å²) in [5.74, 6) is 0.567. The van der Waals surface area contributed by atoms with Gasteiger partial charge < -0.3 is 10.2 Å². The van der Waals surface area contributed by atoms with Crippen molar-refractivity contribution >= 4 is 5.69 Å². The molecule has 100 valence electrons. The lowest BCUT2D eigenvalue weighted by molar-refractivity contribution is 0.442. The summed E-state index contributed by atoms with van der Waals surface area (Å²) < 4.78 is 14.2. The molecule has 1 aromatic carbocycles. The van der Waals surface area contributed by atoms with E-state index < -0.39 is 0 Å². The topological polar surface area (TPSA) is 15.3 Å². The van der Waals surface area contributed by atoms with Crippen LogP contribution in [0.4, 0.5) is 10.1 Å². The molecule has 1 aromatic rings. The Balaban J connectivity index is 2.19. The molecule has 2 atom stereocenters. The first-order valence-electron chi connectivity index (χ1n) is 6.83. The van der Waals surface area contributed by atoms with Crippen LogP contribution in [0.5, 0.6) is 0 Å². The summed E-state index contributed by atoms with van der Waals surface area (Å²) in [7, 11) is 1.89. The molecule has 0 aliphatic carbocycles. The molecule has 1 heterocycles. The van der Waals surface area contributed by atoms with Gasteiger partial charge in [-0.3, -0.25) is 0 Å². The van der Waals surface area contributed by atoms with Gasteiger partial charge in [0.2, 0.25) is 0 Å². The van der Waals surface area contributed by atoms with Crippen LogP contribution in [0.3, 0.4) is 0 Å². The van der Waals surface area contributed by atoms with E-state index in [1.165, 1.54) is 6.42 Å². The van der Waals surface area contributed by atoms with Gasteiger partial charge in [-0.25, -0.2) is 4.39 Å².